The fourth-order valence-corrected chi connectivity index (χ4v) is 3.14. The maximum Gasteiger partial charge on any atom is 0.191 e. The minimum Gasteiger partial charge on any atom is -0.493 e. The molecule has 0 aromatic heterocycles. The molecule has 0 saturated heterocycles. The van der Waals surface area contributed by atoms with E-state index in [0.29, 0.717) is 60.3 Å². The molecule has 0 amide bonds. The number of hydrogen-bond donors (Lipinski definition) is 2. The lowest BCUT2D eigenvalue weighted by Crippen LogP contribution is -2.36. The highest BCUT2D eigenvalue weighted by Crippen LogP contribution is 2.38. The number of rotatable bonds is 6. The molecule has 0 unspecified atom stereocenters. The smallest absolute Gasteiger partial charge is 0.191 e. The van der Waals surface area contributed by atoms with Gasteiger partial charge in [0.2, 0.25) is 0 Å². The van der Waals surface area contributed by atoms with Crippen LogP contribution in [0.1, 0.15) is 11.1 Å². The van der Waals surface area contributed by atoms with Gasteiger partial charge in [-0.05, 0) is 35.4 Å². The normalized spacial score (nSPS) is 13.1. The molecule has 0 radical (unpaired) electrons. The molecule has 3 rings (SSSR count). The van der Waals surface area contributed by atoms with Crippen molar-refractivity contribution in [3.8, 4) is 23.0 Å². The number of nitrogens with zero attached hydrogens (tertiary/aromatic N) is 1. The molecule has 0 aliphatic carbocycles. The second-order valence-electron chi connectivity index (χ2n) is 6.07. The summed E-state index contributed by atoms with van der Waals surface area (Å²) in [6.07, 6.45) is 0. The van der Waals surface area contributed by atoms with Gasteiger partial charge in [0.25, 0.3) is 0 Å². The molecule has 28 heavy (non-hydrogen) atoms. The van der Waals surface area contributed by atoms with E-state index in [2.05, 4.69) is 15.6 Å². The lowest BCUT2D eigenvalue weighted by molar-refractivity contribution is 0.171. The van der Waals surface area contributed by atoms with Gasteiger partial charge in [0.1, 0.15) is 13.2 Å². The molecule has 0 fully saturated rings. The van der Waals surface area contributed by atoms with E-state index in [1.54, 1.807) is 21.3 Å². The average Bonchev–Trinajstić information content (AvgIpc) is 2.73. The molecule has 0 atom stereocenters. The van der Waals surface area contributed by atoms with Crippen LogP contribution in [0.25, 0.3) is 0 Å². The highest BCUT2D eigenvalue weighted by molar-refractivity contribution is 6.32. The Labute approximate surface area is 169 Å². The molecule has 2 aromatic carbocycles. The third kappa shape index (κ3) is 4.72. The molecule has 2 aromatic rings. The largest absolute Gasteiger partial charge is 0.493 e. The zero-order valence-electron chi connectivity index (χ0n) is 16.2. The van der Waals surface area contributed by atoms with Gasteiger partial charge in [0.05, 0.1) is 19.2 Å². The second-order valence-corrected chi connectivity index (χ2v) is 6.48. The van der Waals surface area contributed by atoms with Crippen LogP contribution in [0.15, 0.2) is 35.3 Å². The SMILES string of the molecule is CN=C(NCc1ccc(OC)c(OC)c1)NCc1cc(Cl)c2c(c1)OCCO2. The van der Waals surface area contributed by atoms with Crippen LogP contribution >= 0.6 is 11.6 Å². The van der Waals surface area contributed by atoms with Gasteiger partial charge in [-0.15, -0.1) is 0 Å². The topological polar surface area (TPSA) is 73.3 Å². The molecule has 0 bridgehead atoms. The summed E-state index contributed by atoms with van der Waals surface area (Å²) in [6, 6.07) is 9.57. The number of fused-ring (bicyclic) bond motifs is 1. The van der Waals surface area contributed by atoms with E-state index in [0.717, 1.165) is 11.1 Å². The molecule has 8 heteroatoms. The number of aliphatic imine (C=N–C) groups is 1. The molecule has 7 nitrogen and oxygen atoms in total. The molecule has 150 valence electrons. The van der Waals surface area contributed by atoms with E-state index in [4.69, 9.17) is 30.5 Å². The van der Waals surface area contributed by atoms with Crippen LogP contribution in [0.2, 0.25) is 5.02 Å². The van der Waals surface area contributed by atoms with E-state index in [-0.39, 0.29) is 0 Å². The maximum atomic E-state index is 6.29. The number of nitrogens with one attached hydrogen (secondary N) is 2. The van der Waals surface area contributed by atoms with Crippen molar-refractivity contribution < 1.29 is 18.9 Å². The van der Waals surface area contributed by atoms with E-state index >= 15 is 0 Å². The minimum atomic E-state index is 0.511. The molecular weight excluding hydrogens is 382 g/mol. The molecular formula is C20H24ClN3O4. The quantitative estimate of drug-likeness (QED) is 0.568. The van der Waals surface area contributed by atoms with Crippen LogP contribution in [0.3, 0.4) is 0 Å². The van der Waals surface area contributed by atoms with Crippen molar-refractivity contribution in [2.24, 2.45) is 4.99 Å². The minimum absolute atomic E-state index is 0.511. The van der Waals surface area contributed by atoms with Crippen LogP contribution in [0.5, 0.6) is 23.0 Å². The number of benzene rings is 2. The van der Waals surface area contributed by atoms with Gasteiger partial charge in [-0.25, -0.2) is 0 Å². The number of methoxy groups -OCH3 is 2. The summed E-state index contributed by atoms with van der Waals surface area (Å²) in [5.74, 6) is 3.33. The fraction of sp³-hybridized carbons (Fsp3) is 0.350. The summed E-state index contributed by atoms with van der Waals surface area (Å²) < 4.78 is 21.8. The number of ether oxygens (including phenoxy) is 4. The third-order valence-electron chi connectivity index (χ3n) is 4.25. The first kappa shape index (κ1) is 19.9. The molecule has 1 aliphatic heterocycles. The summed E-state index contributed by atoms with van der Waals surface area (Å²) >= 11 is 6.29. The Morgan fingerprint density at radius 2 is 1.71 bits per heavy atom. The van der Waals surface area contributed by atoms with Crippen molar-refractivity contribution in [2.75, 3.05) is 34.5 Å². The first-order valence-corrected chi connectivity index (χ1v) is 9.26. The third-order valence-corrected chi connectivity index (χ3v) is 4.53. The monoisotopic (exact) mass is 405 g/mol. The lowest BCUT2D eigenvalue weighted by Gasteiger charge is -2.20. The molecule has 2 N–H and O–H groups in total. The molecule has 1 heterocycles. The summed E-state index contributed by atoms with van der Waals surface area (Å²) in [5, 5.41) is 7.09. The van der Waals surface area contributed by atoms with Crippen LogP contribution in [0.4, 0.5) is 0 Å². The Bertz CT molecular complexity index is 858. The van der Waals surface area contributed by atoms with Crippen molar-refractivity contribution in [2.45, 2.75) is 13.1 Å². The fourth-order valence-electron chi connectivity index (χ4n) is 2.85. The summed E-state index contributed by atoms with van der Waals surface area (Å²) in [5.41, 5.74) is 2.02. The Kier molecular flexibility index (Phi) is 6.71. The first-order chi connectivity index (χ1) is 13.6. The Morgan fingerprint density at radius 1 is 1.00 bits per heavy atom. The molecule has 0 spiro atoms. The van der Waals surface area contributed by atoms with E-state index in [1.165, 1.54) is 0 Å². The van der Waals surface area contributed by atoms with Gasteiger partial charge in [0, 0.05) is 20.1 Å². The van der Waals surface area contributed by atoms with Gasteiger partial charge in [-0.2, -0.15) is 0 Å². The zero-order valence-corrected chi connectivity index (χ0v) is 16.9. The maximum absolute atomic E-state index is 6.29. The highest BCUT2D eigenvalue weighted by Gasteiger charge is 2.16. The summed E-state index contributed by atoms with van der Waals surface area (Å²) in [7, 11) is 4.96. The van der Waals surface area contributed by atoms with Crippen molar-refractivity contribution in [1.29, 1.82) is 0 Å². The van der Waals surface area contributed by atoms with Crippen LogP contribution in [0, 0.1) is 0 Å². The Hall–Kier alpha value is -2.80. The van der Waals surface area contributed by atoms with Gasteiger partial charge in [-0.3, -0.25) is 4.99 Å². The Balaban J connectivity index is 1.59. The van der Waals surface area contributed by atoms with Crippen LogP contribution in [-0.4, -0.2) is 40.4 Å². The standard InChI is InChI=1S/C20H24ClN3O4/c1-22-20(23-11-13-4-5-16(25-2)17(9-13)26-3)24-12-14-8-15(21)19-18(10-14)27-6-7-28-19/h4-5,8-10H,6-7,11-12H2,1-3H3,(H2,22,23,24). The van der Waals surface area contributed by atoms with Crippen LogP contribution < -0.4 is 29.6 Å². The predicted octanol–water partition coefficient (Wildman–Crippen LogP) is 2.99. The zero-order chi connectivity index (χ0) is 19.9. The molecule has 1 aliphatic rings. The number of halogens is 1. The van der Waals surface area contributed by atoms with Gasteiger partial charge in [0.15, 0.2) is 29.0 Å². The van der Waals surface area contributed by atoms with Crippen molar-refractivity contribution in [3.63, 3.8) is 0 Å². The predicted molar refractivity (Wildman–Crippen MR) is 109 cm³/mol. The average molecular weight is 406 g/mol. The lowest BCUT2D eigenvalue weighted by atomic mass is 10.2. The Morgan fingerprint density at radius 3 is 2.43 bits per heavy atom. The van der Waals surface area contributed by atoms with Crippen molar-refractivity contribution in [3.05, 3.63) is 46.5 Å². The van der Waals surface area contributed by atoms with Gasteiger partial charge in [-0.1, -0.05) is 17.7 Å². The van der Waals surface area contributed by atoms with E-state index in [9.17, 15) is 0 Å². The summed E-state index contributed by atoms with van der Waals surface area (Å²) in [6.45, 7) is 2.16. The highest BCUT2D eigenvalue weighted by atomic mass is 35.5. The van der Waals surface area contributed by atoms with Gasteiger partial charge >= 0.3 is 0 Å². The first-order valence-electron chi connectivity index (χ1n) is 8.88. The van der Waals surface area contributed by atoms with E-state index < -0.39 is 0 Å². The number of guanidine groups is 1. The number of hydrogen-bond acceptors (Lipinski definition) is 5. The van der Waals surface area contributed by atoms with Crippen molar-refractivity contribution in [1.82, 2.24) is 10.6 Å². The summed E-state index contributed by atoms with van der Waals surface area (Å²) in [4.78, 5) is 4.25. The second kappa shape index (κ2) is 9.41. The molecule has 0 saturated carbocycles. The van der Waals surface area contributed by atoms with Crippen molar-refractivity contribution >= 4 is 17.6 Å². The van der Waals surface area contributed by atoms with Crippen LogP contribution in [-0.2, 0) is 13.1 Å². The van der Waals surface area contributed by atoms with E-state index in [1.807, 2.05) is 30.3 Å². The van der Waals surface area contributed by atoms with Gasteiger partial charge < -0.3 is 29.6 Å².